The molecule has 66 valence electrons. The molecule has 4 heteroatoms. The smallest absolute Gasteiger partial charge is 0.117 e. The first-order chi connectivity index (χ1) is 5.76. The third-order valence-corrected chi connectivity index (χ3v) is 3.15. The molecular formula is C8H10INOS. The zero-order valence-corrected chi connectivity index (χ0v) is 9.72. The lowest BCUT2D eigenvalue weighted by Crippen LogP contribution is -1.87. The number of aliphatic hydroxyl groups excluding tert-OH is 1. The van der Waals surface area contributed by atoms with Crippen LogP contribution in [0.4, 0.5) is 0 Å². The van der Waals surface area contributed by atoms with Crippen LogP contribution in [0.2, 0.25) is 0 Å². The molecule has 0 radical (unpaired) electrons. The summed E-state index contributed by atoms with van der Waals surface area (Å²) in [6, 6.07) is 0. The molecule has 1 aromatic rings. The molecule has 2 nitrogen and oxygen atoms in total. The number of aliphatic hydroxyl groups is 1. The van der Waals surface area contributed by atoms with Crippen LogP contribution in [0, 0.1) is 2.88 Å². The Morgan fingerprint density at radius 1 is 1.83 bits per heavy atom. The Bertz CT molecular complexity index is 276. The largest absolute Gasteiger partial charge is 0.392 e. The van der Waals surface area contributed by atoms with E-state index in [0.29, 0.717) is 0 Å². The SMILES string of the molecule is CC/C(=C/c1ncc(I)s1)CO. The maximum absolute atomic E-state index is 8.90. The molecule has 0 unspecified atom stereocenters. The molecule has 1 aromatic heterocycles. The highest BCUT2D eigenvalue weighted by Gasteiger charge is 1.97. The lowest BCUT2D eigenvalue weighted by atomic mass is 10.2. The van der Waals surface area contributed by atoms with Crippen molar-refractivity contribution < 1.29 is 5.11 Å². The molecule has 0 fully saturated rings. The average Bonchev–Trinajstić information content (AvgIpc) is 2.47. The van der Waals surface area contributed by atoms with Crippen molar-refractivity contribution in [2.24, 2.45) is 0 Å². The maximum atomic E-state index is 8.90. The first-order valence-corrected chi connectivity index (χ1v) is 5.57. The number of rotatable bonds is 3. The molecule has 0 aliphatic heterocycles. The Morgan fingerprint density at radius 3 is 3.00 bits per heavy atom. The molecule has 0 spiro atoms. The maximum Gasteiger partial charge on any atom is 0.117 e. The Balaban J connectivity index is 2.78. The normalized spacial score (nSPS) is 12.1. The summed E-state index contributed by atoms with van der Waals surface area (Å²) in [7, 11) is 0. The van der Waals surface area contributed by atoms with Crippen molar-refractivity contribution in [1.29, 1.82) is 0 Å². The van der Waals surface area contributed by atoms with E-state index in [4.69, 9.17) is 5.11 Å². The Kier molecular flexibility index (Phi) is 4.17. The highest BCUT2D eigenvalue weighted by Crippen LogP contribution is 2.18. The quantitative estimate of drug-likeness (QED) is 0.869. The highest BCUT2D eigenvalue weighted by molar-refractivity contribution is 14.1. The van der Waals surface area contributed by atoms with E-state index in [1.807, 2.05) is 19.2 Å². The molecule has 0 aromatic carbocycles. The fourth-order valence-electron chi connectivity index (χ4n) is 0.768. The fourth-order valence-corrected chi connectivity index (χ4v) is 2.22. The second-order valence-electron chi connectivity index (χ2n) is 2.32. The van der Waals surface area contributed by atoms with Crippen molar-refractivity contribution in [2.45, 2.75) is 13.3 Å². The zero-order valence-electron chi connectivity index (χ0n) is 6.75. The molecular weight excluding hydrogens is 285 g/mol. The minimum Gasteiger partial charge on any atom is -0.392 e. The van der Waals surface area contributed by atoms with Gasteiger partial charge in [0.2, 0.25) is 0 Å². The number of aromatic nitrogens is 1. The number of halogens is 1. The molecule has 0 bridgehead atoms. The van der Waals surface area contributed by atoms with Crippen LogP contribution in [0.5, 0.6) is 0 Å². The molecule has 0 aliphatic rings. The minimum atomic E-state index is 0.132. The van der Waals surface area contributed by atoms with Gasteiger partial charge in [-0.05, 0) is 40.7 Å². The third kappa shape index (κ3) is 2.84. The summed E-state index contributed by atoms with van der Waals surface area (Å²) >= 11 is 3.87. The van der Waals surface area contributed by atoms with Crippen molar-refractivity contribution >= 4 is 40.0 Å². The van der Waals surface area contributed by atoms with Crippen molar-refractivity contribution in [2.75, 3.05) is 6.61 Å². The molecule has 0 saturated carbocycles. The van der Waals surface area contributed by atoms with Crippen molar-refractivity contribution in [1.82, 2.24) is 4.98 Å². The predicted molar refractivity (Wildman–Crippen MR) is 60.2 cm³/mol. The van der Waals surface area contributed by atoms with Crippen LogP contribution in [-0.4, -0.2) is 16.7 Å². The van der Waals surface area contributed by atoms with Gasteiger partial charge in [-0.25, -0.2) is 4.98 Å². The Morgan fingerprint density at radius 2 is 2.58 bits per heavy atom. The van der Waals surface area contributed by atoms with E-state index in [1.165, 1.54) is 2.88 Å². The van der Waals surface area contributed by atoms with E-state index in [2.05, 4.69) is 27.6 Å². The van der Waals surface area contributed by atoms with Crippen LogP contribution < -0.4 is 0 Å². The lowest BCUT2D eigenvalue weighted by Gasteiger charge is -1.95. The lowest BCUT2D eigenvalue weighted by molar-refractivity contribution is 0.329. The zero-order chi connectivity index (χ0) is 8.97. The summed E-state index contributed by atoms with van der Waals surface area (Å²) in [5.41, 5.74) is 1.03. The number of nitrogens with zero attached hydrogens (tertiary/aromatic N) is 1. The van der Waals surface area contributed by atoms with Gasteiger partial charge in [-0.1, -0.05) is 6.92 Å². The Labute approximate surface area is 89.5 Å². The van der Waals surface area contributed by atoms with E-state index < -0.39 is 0 Å². The fraction of sp³-hybridized carbons (Fsp3) is 0.375. The number of hydrogen-bond donors (Lipinski definition) is 1. The van der Waals surface area contributed by atoms with E-state index in [-0.39, 0.29) is 6.61 Å². The van der Waals surface area contributed by atoms with Crippen LogP contribution in [-0.2, 0) is 0 Å². The molecule has 0 amide bonds. The van der Waals surface area contributed by atoms with E-state index in [1.54, 1.807) is 11.3 Å². The van der Waals surface area contributed by atoms with E-state index in [9.17, 15) is 0 Å². The molecule has 1 rings (SSSR count). The van der Waals surface area contributed by atoms with Crippen LogP contribution in [0.3, 0.4) is 0 Å². The minimum absolute atomic E-state index is 0.132. The average molecular weight is 295 g/mol. The second-order valence-corrected chi connectivity index (χ2v) is 5.27. The highest BCUT2D eigenvalue weighted by atomic mass is 127. The molecule has 0 saturated heterocycles. The van der Waals surface area contributed by atoms with Gasteiger partial charge in [0, 0.05) is 0 Å². The molecule has 0 aliphatic carbocycles. The summed E-state index contributed by atoms with van der Waals surface area (Å²) in [4.78, 5) is 4.18. The van der Waals surface area contributed by atoms with Gasteiger partial charge in [-0.15, -0.1) is 11.3 Å². The van der Waals surface area contributed by atoms with Gasteiger partial charge >= 0.3 is 0 Å². The second kappa shape index (κ2) is 4.94. The Hall–Kier alpha value is 0.0600. The van der Waals surface area contributed by atoms with Gasteiger partial charge in [-0.3, -0.25) is 0 Å². The number of hydrogen-bond acceptors (Lipinski definition) is 3. The van der Waals surface area contributed by atoms with E-state index >= 15 is 0 Å². The van der Waals surface area contributed by atoms with Crippen LogP contribution in [0.1, 0.15) is 18.4 Å². The molecule has 0 atom stereocenters. The van der Waals surface area contributed by atoms with Crippen molar-refractivity contribution in [3.8, 4) is 0 Å². The first kappa shape index (κ1) is 10.1. The summed E-state index contributed by atoms with van der Waals surface area (Å²) < 4.78 is 1.17. The van der Waals surface area contributed by atoms with Gasteiger partial charge in [0.05, 0.1) is 15.7 Å². The van der Waals surface area contributed by atoms with Gasteiger partial charge in [0.25, 0.3) is 0 Å². The topological polar surface area (TPSA) is 33.1 Å². The summed E-state index contributed by atoms with van der Waals surface area (Å²) in [6.45, 7) is 2.16. The van der Waals surface area contributed by atoms with Crippen molar-refractivity contribution in [3.63, 3.8) is 0 Å². The molecule has 1 heterocycles. The summed E-state index contributed by atoms with van der Waals surface area (Å²) in [5, 5.41) is 9.88. The monoisotopic (exact) mass is 295 g/mol. The van der Waals surface area contributed by atoms with Crippen LogP contribution in [0.25, 0.3) is 6.08 Å². The molecule has 12 heavy (non-hydrogen) atoms. The van der Waals surface area contributed by atoms with Gasteiger partial charge in [0.15, 0.2) is 0 Å². The standard InChI is InChI=1S/C8H10INOS/c1-2-6(5-11)3-8-10-4-7(9)12-8/h3-4,11H,2,5H2,1H3/b6-3-. The van der Waals surface area contributed by atoms with E-state index in [0.717, 1.165) is 17.0 Å². The first-order valence-electron chi connectivity index (χ1n) is 3.68. The number of thiazole rings is 1. The van der Waals surface area contributed by atoms with Crippen LogP contribution >= 0.6 is 33.9 Å². The van der Waals surface area contributed by atoms with Gasteiger partial charge in [-0.2, -0.15) is 0 Å². The van der Waals surface area contributed by atoms with Gasteiger partial charge < -0.3 is 5.11 Å². The summed E-state index contributed by atoms with van der Waals surface area (Å²) in [5.74, 6) is 0. The van der Waals surface area contributed by atoms with Crippen LogP contribution in [0.15, 0.2) is 11.8 Å². The van der Waals surface area contributed by atoms with Gasteiger partial charge in [0.1, 0.15) is 5.01 Å². The predicted octanol–water partition coefficient (Wildman–Crippen LogP) is 2.53. The summed E-state index contributed by atoms with van der Waals surface area (Å²) in [6.07, 6.45) is 4.67. The third-order valence-electron chi connectivity index (χ3n) is 1.48. The molecule has 1 N–H and O–H groups in total. The van der Waals surface area contributed by atoms with Crippen molar-refractivity contribution in [3.05, 3.63) is 19.7 Å².